The van der Waals surface area contributed by atoms with Crippen LogP contribution in [0.15, 0.2) is 30.3 Å². The van der Waals surface area contributed by atoms with E-state index in [9.17, 15) is 4.79 Å². The molecule has 3 nitrogen and oxygen atoms in total. The number of benzene rings is 2. The molecule has 124 valence electrons. The predicted molar refractivity (Wildman–Crippen MR) is 94.7 cm³/mol. The van der Waals surface area contributed by atoms with E-state index in [0.717, 1.165) is 10.8 Å². The van der Waals surface area contributed by atoms with E-state index in [1.807, 2.05) is 71.9 Å². The third kappa shape index (κ3) is 4.25. The van der Waals surface area contributed by atoms with Crippen molar-refractivity contribution in [3.8, 4) is 11.5 Å². The average molecular weight is 314 g/mol. The molecule has 0 saturated heterocycles. The van der Waals surface area contributed by atoms with Gasteiger partial charge in [0.05, 0.1) is 0 Å². The summed E-state index contributed by atoms with van der Waals surface area (Å²) in [4.78, 5) is 12.3. The van der Waals surface area contributed by atoms with Crippen molar-refractivity contribution in [1.29, 1.82) is 0 Å². The van der Waals surface area contributed by atoms with Gasteiger partial charge >= 0.3 is 0 Å². The first-order chi connectivity index (χ1) is 10.5. The molecule has 0 amide bonds. The third-order valence-electron chi connectivity index (χ3n) is 3.14. The highest BCUT2D eigenvalue weighted by Gasteiger charge is 2.25. The second-order valence-electron chi connectivity index (χ2n) is 7.79. The molecule has 0 saturated carbocycles. The van der Waals surface area contributed by atoms with E-state index in [1.165, 1.54) is 0 Å². The van der Waals surface area contributed by atoms with Gasteiger partial charge in [-0.15, -0.1) is 0 Å². The highest BCUT2D eigenvalue weighted by molar-refractivity contribution is 6.06. The number of Topliss-reactive ketones (excluding diaryl/α,β-unsaturated/α-hetero) is 1. The van der Waals surface area contributed by atoms with Gasteiger partial charge in [-0.1, -0.05) is 24.3 Å². The van der Waals surface area contributed by atoms with Crippen LogP contribution in [0.3, 0.4) is 0 Å². The van der Waals surface area contributed by atoms with Crippen molar-refractivity contribution in [1.82, 2.24) is 0 Å². The average Bonchev–Trinajstić information content (AvgIpc) is 2.34. The molecule has 0 bridgehead atoms. The van der Waals surface area contributed by atoms with E-state index in [1.54, 1.807) is 6.92 Å². The number of fused-ring (bicyclic) bond motifs is 1. The lowest BCUT2D eigenvalue weighted by Crippen LogP contribution is -2.26. The van der Waals surface area contributed by atoms with Gasteiger partial charge in [-0.3, -0.25) is 4.79 Å². The van der Waals surface area contributed by atoms with Crippen molar-refractivity contribution < 1.29 is 14.3 Å². The van der Waals surface area contributed by atoms with E-state index >= 15 is 0 Å². The first-order valence-corrected chi connectivity index (χ1v) is 7.93. The molecule has 0 aliphatic rings. The van der Waals surface area contributed by atoms with Gasteiger partial charge in [0.2, 0.25) is 0 Å². The van der Waals surface area contributed by atoms with Crippen LogP contribution in [0.1, 0.15) is 58.8 Å². The van der Waals surface area contributed by atoms with Crippen LogP contribution in [-0.4, -0.2) is 17.0 Å². The maximum Gasteiger partial charge on any atom is 0.167 e. The van der Waals surface area contributed by atoms with Crippen LogP contribution >= 0.6 is 0 Å². The van der Waals surface area contributed by atoms with Crippen molar-refractivity contribution in [3.05, 3.63) is 35.9 Å². The molecule has 0 aliphatic heterocycles. The molecule has 0 aliphatic carbocycles. The number of hydrogen-bond acceptors (Lipinski definition) is 3. The second-order valence-corrected chi connectivity index (χ2v) is 7.79. The zero-order chi connectivity index (χ0) is 17.4. The molecule has 0 N–H and O–H groups in total. The summed E-state index contributed by atoms with van der Waals surface area (Å²) >= 11 is 0. The van der Waals surface area contributed by atoms with Gasteiger partial charge in [0.25, 0.3) is 0 Å². The topological polar surface area (TPSA) is 35.5 Å². The fraction of sp³-hybridized carbons (Fsp3) is 0.450. The highest BCUT2D eigenvalue weighted by Crippen LogP contribution is 2.40. The van der Waals surface area contributed by atoms with Gasteiger partial charge in [-0.05, 0) is 59.9 Å². The van der Waals surface area contributed by atoms with Crippen LogP contribution in [0.4, 0.5) is 0 Å². The molecular formula is C20H26O3. The smallest absolute Gasteiger partial charge is 0.167 e. The molecule has 3 heteroatoms. The number of carbonyl (C=O) groups excluding carboxylic acids is 1. The summed E-state index contributed by atoms with van der Waals surface area (Å²) in [6.07, 6.45) is 0. The van der Waals surface area contributed by atoms with Gasteiger partial charge < -0.3 is 9.47 Å². The fourth-order valence-electron chi connectivity index (χ4n) is 2.45. The molecule has 2 aromatic rings. The number of ether oxygens (including phenoxy) is 2. The van der Waals surface area contributed by atoms with Crippen LogP contribution in [0.5, 0.6) is 11.5 Å². The van der Waals surface area contributed by atoms with Gasteiger partial charge in [0.1, 0.15) is 28.3 Å². The third-order valence-corrected chi connectivity index (χ3v) is 3.14. The van der Waals surface area contributed by atoms with E-state index in [4.69, 9.17) is 9.47 Å². The lowest BCUT2D eigenvalue weighted by molar-refractivity contribution is 0.0961. The molecule has 0 fully saturated rings. The maximum atomic E-state index is 12.3. The standard InChI is InChI=1S/C20H26O3/c1-13(21)17-16(22-19(2,3)4)12-14-10-8-9-11-15(14)18(17)23-20(5,6)7/h8-12H,1-7H3. The maximum absolute atomic E-state index is 12.3. The number of carbonyl (C=O) groups is 1. The van der Waals surface area contributed by atoms with Crippen LogP contribution < -0.4 is 9.47 Å². The molecule has 23 heavy (non-hydrogen) atoms. The normalized spacial score (nSPS) is 12.3. The molecular weight excluding hydrogens is 288 g/mol. The van der Waals surface area contributed by atoms with Crippen LogP contribution in [0.25, 0.3) is 10.8 Å². The Morgan fingerprint density at radius 3 is 2.00 bits per heavy atom. The van der Waals surface area contributed by atoms with E-state index in [2.05, 4.69) is 0 Å². The Morgan fingerprint density at radius 1 is 0.913 bits per heavy atom. The Kier molecular flexibility index (Phi) is 4.43. The molecule has 2 aromatic carbocycles. The van der Waals surface area contributed by atoms with Crippen molar-refractivity contribution in [2.45, 2.75) is 59.7 Å². The summed E-state index contributed by atoms with van der Waals surface area (Å²) < 4.78 is 12.2. The Labute approximate surface area is 138 Å². The fourth-order valence-corrected chi connectivity index (χ4v) is 2.45. The minimum atomic E-state index is -0.409. The number of rotatable bonds is 3. The van der Waals surface area contributed by atoms with Crippen molar-refractivity contribution in [3.63, 3.8) is 0 Å². The first-order valence-electron chi connectivity index (χ1n) is 7.93. The minimum absolute atomic E-state index is 0.0609. The minimum Gasteiger partial charge on any atom is -0.487 e. The molecule has 0 unspecified atom stereocenters. The van der Waals surface area contributed by atoms with Crippen LogP contribution in [0, 0.1) is 0 Å². The predicted octanol–water partition coefficient (Wildman–Crippen LogP) is 5.40. The molecule has 0 spiro atoms. The molecule has 0 aromatic heterocycles. The summed E-state index contributed by atoms with van der Waals surface area (Å²) in [5.74, 6) is 1.11. The Morgan fingerprint density at radius 2 is 1.48 bits per heavy atom. The second kappa shape index (κ2) is 5.88. The largest absolute Gasteiger partial charge is 0.487 e. The summed E-state index contributed by atoms with van der Waals surface area (Å²) in [7, 11) is 0. The zero-order valence-corrected chi connectivity index (χ0v) is 15.1. The number of hydrogen-bond donors (Lipinski definition) is 0. The molecule has 0 heterocycles. The van der Waals surface area contributed by atoms with Gasteiger partial charge in [0.15, 0.2) is 5.78 Å². The van der Waals surface area contributed by atoms with Gasteiger partial charge in [0, 0.05) is 5.39 Å². The first kappa shape index (κ1) is 17.3. The Bertz CT molecular complexity index is 731. The SMILES string of the molecule is CC(=O)c1c(OC(C)(C)C)cc2ccccc2c1OC(C)(C)C. The molecule has 0 atom stereocenters. The van der Waals surface area contributed by atoms with Gasteiger partial charge in [-0.2, -0.15) is 0 Å². The lowest BCUT2D eigenvalue weighted by atomic mass is 10.0. The monoisotopic (exact) mass is 314 g/mol. The quantitative estimate of drug-likeness (QED) is 0.712. The molecule has 2 rings (SSSR count). The summed E-state index contributed by atoms with van der Waals surface area (Å²) in [5, 5.41) is 1.92. The molecule has 0 radical (unpaired) electrons. The van der Waals surface area contributed by atoms with Gasteiger partial charge in [-0.25, -0.2) is 0 Å². The Hall–Kier alpha value is -2.03. The van der Waals surface area contributed by atoms with Crippen molar-refractivity contribution in [2.24, 2.45) is 0 Å². The van der Waals surface area contributed by atoms with Crippen molar-refractivity contribution >= 4 is 16.6 Å². The van der Waals surface area contributed by atoms with E-state index in [-0.39, 0.29) is 5.78 Å². The van der Waals surface area contributed by atoms with Crippen molar-refractivity contribution in [2.75, 3.05) is 0 Å². The summed E-state index contributed by atoms with van der Waals surface area (Å²) in [6, 6.07) is 9.82. The summed E-state index contributed by atoms with van der Waals surface area (Å²) in [6.45, 7) is 13.4. The van der Waals surface area contributed by atoms with Crippen LogP contribution in [0.2, 0.25) is 0 Å². The Balaban J connectivity index is 2.80. The van der Waals surface area contributed by atoms with E-state index < -0.39 is 11.2 Å². The highest BCUT2D eigenvalue weighted by atomic mass is 16.5. The lowest BCUT2D eigenvalue weighted by Gasteiger charge is -2.28. The van der Waals surface area contributed by atoms with E-state index in [0.29, 0.717) is 17.1 Å². The zero-order valence-electron chi connectivity index (χ0n) is 15.1. The van der Waals surface area contributed by atoms with Crippen LogP contribution in [-0.2, 0) is 0 Å². The summed E-state index contributed by atoms with van der Waals surface area (Å²) in [5.41, 5.74) is -0.299. The number of ketones is 1.